The maximum Gasteiger partial charge on any atom is 0.261 e. The average Bonchev–Trinajstić information content (AvgIpc) is 2.42. The quantitative estimate of drug-likeness (QED) is 0.652. The number of allylic oxidation sites excluding steroid dienone is 2. The molecule has 0 aliphatic carbocycles. The molecule has 0 radical (unpaired) electrons. The zero-order valence-electron chi connectivity index (χ0n) is 10.8. The lowest BCUT2D eigenvalue weighted by Gasteiger charge is -2.06. The van der Waals surface area contributed by atoms with E-state index in [9.17, 15) is 9.59 Å². The lowest BCUT2D eigenvalue weighted by atomic mass is 10.1. The number of aromatic nitrogens is 2. The Bertz CT molecular complexity index is 808. The molecule has 2 N–H and O–H groups in total. The van der Waals surface area contributed by atoms with Crippen LogP contribution < -0.4 is 11.3 Å². The summed E-state index contributed by atoms with van der Waals surface area (Å²) in [5.41, 5.74) is 5.71. The number of nitrogens with two attached hydrogens (primary N) is 1. The van der Waals surface area contributed by atoms with Gasteiger partial charge >= 0.3 is 0 Å². The number of nitriles is 1. The van der Waals surface area contributed by atoms with E-state index >= 15 is 0 Å². The van der Waals surface area contributed by atoms with Gasteiger partial charge in [0.2, 0.25) is 0 Å². The lowest BCUT2D eigenvalue weighted by Crippen LogP contribution is -2.25. The molecule has 1 aromatic carbocycles. The molecular formula is C14H12N4O2. The topological polar surface area (TPSA) is 102 Å². The summed E-state index contributed by atoms with van der Waals surface area (Å²) < 4.78 is 1.17. The van der Waals surface area contributed by atoms with Crippen LogP contribution in [0, 0.1) is 11.3 Å². The van der Waals surface area contributed by atoms with Crippen molar-refractivity contribution in [2.24, 2.45) is 5.73 Å². The number of carbonyl (C=O) groups is 1. The highest BCUT2D eigenvalue weighted by molar-refractivity contribution is 5.99. The number of rotatable bonds is 3. The van der Waals surface area contributed by atoms with E-state index in [-0.39, 0.29) is 23.4 Å². The van der Waals surface area contributed by atoms with Crippen molar-refractivity contribution in [3.8, 4) is 6.07 Å². The first kappa shape index (κ1) is 13.5. The summed E-state index contributed by atoms with van der Waals surface area (Å²) in [6, 6.07) is 8.60. The molecule has 0 atom stereocenters. The van der Waals surface area contributed by atoms with Crippen LogP contribution in [0.1, 0.15) is 6.92 Å². The van der Waals surface area contributed by atoms with Gasteiger partial charge in [0, 0.05) is 5.70 Å². The Kier molecular flexibility index (Phi) is 3.62. The minimum atomic E-state index is -0.508. The maximum atomic E-state index is 12.2. The molecular weight excluding hydrogens is 256 g/mol. The zero-order valence-corrected chi connectivity index (χ0v) is 10.8. The highest BCUT2D eigenvalue weighted by Gasteiger charge is 2.13. The molecule has 0 fully saturated rings. The number of hydrogen-bond donors (Lipinski definition) is 1. The van der Waals surface area contributed by atoms with Gasteiger partial charge in [-0.25, -0.2) is 4.98 Å². The fraction of sp³-hybridized carbons (Fsp3) is 0.143. The molecule has 0 amide bonds. The molecule has 6 nitrogen and oxygen atoms in total. The van der Waals surface area contributed by atoms with Gasteiger partial charge in [-0.05, 0) is 19.1 Å². The smallest absolute Gasteiger partial charge is 0.261 e. The normalized spacial score (nSPS) is 11.8. The van der Waals surface area contributed by atoms with Gasteiger partial charge < -0.3 is 5.73 Å². The average molecular weight is 268 g/mol. The van der Waals surface area contributed by atoms with Crippen LogP contribution in [0.15, 0.2) is 46.7 Å². The number of nitrogens with zero attached hydrogens (tertiary/aromatic N) is 3. The molecule has 2 aromatic rings. The van der Waals surface area contributed by atoms with E-state index < -0.39 is 5.78 Å². The van der Waals surface area contributed by atoms with E-state index in [1.54, 1.807) is 30.3 Å². The third-order valence-electron chi connectivity index (χ3n) is 2.83. The highest BCUT2D eigenvalue weighted by Crippen LogP contribution is 2.06. The molecule has 1 aromatic heterocycles. The van der Waals surface area contributed by atoms with Crippen molar-refractivity contribution in [2.75, 3.05) is 0 Å². The SMILES string of the molecule is C/C(N)=C(/C#N)C(=O)Cn1cnc2ccccc2c1=O. The number of carbonyl (C=O) groups excluding carboxylic acids is 1. The molecule has 0 aliphatic heterocycles. The van der Waals surface area contributed by atoms with Crippen molar-refractivity contribution in [1.29, 1.82) is 5.26 Å². The molecule has 1 heterocycles. The number of para-hydroxylation sites is 1. The Balaban J connectivity index is 2.44. The van der Waals surface area contributed by atoms with E-state index in [2.05, 4.69) is 4.98 Å². The van der Waals surface area contributed by atoms with Gasteiger partial charge in [0.25, 0.3) is 5.56 Å². The summed E-state index contributed by atoms with van der Waals surface area (Å²) in [5, 5.41) is 9.30. The van der Waals surface area contributed by atoms with E-state index in [1.165, 1.54) is 17.8 Å². The van der Waals surface area contributed by atoms with Crippen LogP contribution in [0.4, 0.5) is 0 Å². The van der Waals surface area contributed by atoms with Crippen molar-refractivity contribution < 1.29 is 4.79 Å². The molecule has 0 aliphatic rings. The van der Waals surface area contributed by atoms with Gasteiger partial charge in [-0.15, -0.1) is 0 Å². The Morgan fingerprint density at radius 1 is 1.45 bits per heavy atom. The Morgan fingerprint density at radius 2 is 2.15 bits per heavy atom. The minimum Gasteiger partial charge on any atom is -0.401 e. The van der Waals surface area contributed by atoms with Gasteiger partial charge in [-0.3, -0.25) is 14.2 Å². The van der Waals surface area contributed by atoms with Crippen LogP contribution in [0.3, 0.4) is 0 Å². The van der Waals surface area contributed by atoms with Gasteiger partial charge in [0.05, 0.1) is 23.8 Å². The number of fused-ring (bicyclic) bond motifs is 1. The molecule has 0 bridgehead atoms. The number of hydrogen-bond acceptors (Lipinski definition) is 5. The number of ketones is 1. The zero-order chi connectivity index (χ0) is 14.7. The van der Waals surface area contributed by atoms with Gasteiger partial charge in [0.15, 0.2) is 5.78 Å². The Hall–Kier alpha value is -2.94. The summed E-state index contributed by atoms with van der Waals surface area (Å²) in [5.74, 6) is -0.508. The van der Waals surface area contributed by atoms with Crippen molar-refractivity contribution >= 4 is 16.7 Å². The summed E-state index contributed by atoms with van der Waals surface area (Å²) in [7, 11) is 0. The maximum absolute atomic E-state index is 12.2. The van der Waals surface area contributed by atoms with E-state index in [0.29, 0.717) is 10.9 Å². The van der Waals surface area contributed by atoms with Crippen molar-refractivity contribution in [3.63, 3.8) is 0 Å². The van der Waals surface area contributed by atoms with Gasteiger partial charge in [0.1, 0.15) is 11.6 Å². The first-order valence-electron chi connectivity index (χ1n) is 5.88. The summed E-state index contributed by atoms with van der Waals surface area (Å²) in [4.78, 5) is 28.2. The second-order valence-corrected chi connectivity index (χ2v) is 4.29. The predicted molar refractivity (Wildman–Crippen MR) is 73.5 cm³/mol. The third kappa shape index (κ3) is 2.42. The molecule has 2 rings (SSSR count). The molecule has 0 spiro atoms. The van der Waals surface area contributed by atoms with Gasteiger partial charge in [-0.2, -0.15) is 5.26 Å². The number of benzene rings is 1. The van der Waals surface area contributed by atoms with E-state index in [4.69, 9.17) is 11.0 Å². The Labute approximate surface area is 114 Å². The molecule has 0 unspecified atom stereocenters. The van der Waals surface area contributed by atoms with Crippen molar-refractivity contribution in [2.45, 2.75) is 13.5 Å². The summed E-state index contributed by atoms with van der Waals surface area (Å²) in [6.45, 7) is 1.21. The van der Waals surface area contributed by atoms with Crippen LogP contribution in [0.5, 0.6) is 0 Å². The standard InChI is InChI=1S/C14H12N4O2/c1-9(16)11(6-15)13(19)7-18-8-17-12-5-3-2-4-10(12)14(18)20/h2-5,8H,7,16H2,1H3/b11-9+. The summed E-state index contributed by atoms with van der Waals surface area (Å²) >= 11 is 0. The lowest BCUT2D eigenvalue weighted by molar-refractivity contribution is -0.115. The summed E-state index contributed by atoms with van der Waals surface area (Å²) in [6.07, 6.45) is 1.30. The van der Waals surface area contributed by atoms with Crippen LogP contribution in [-0.4, -0.2) is 15.3 Å². The second-order valence-electron chi connectivity index (χ2n) is 4.29. The molecule has 100 valence electrons. The molecule has 0 saturated heterocycles. The fourth-order valence-electron chi connectivity index (χ4n) is 1.82. The van der Waals surface area contributed by atoms with Crippen LogP contribution in [0.25, 0.3) is 10.9 Å². The monoisotopic (exact) mass is 268 g/mol. The largest absolute Gasteiger partial charge is 0.401 e. The van der Waals surface area contributed by atoms with Crippen LogP contribution in [0.2, 0.25) is 0 Å². The van der Waals surface area contributed by atoms with E-state index in [0.717, 1.165) is 0 Å². The molecule has 0 saturated carbocycles. The first-order valence-corrected chi connectivity index (χ1v) is 5.88. The van der Waals surface area contributed by atoms with Crippen molar-refractivity contribution in [1.82, 2.24) is 9.55 Å². The molecule has 6 heteroatoms. The van der Waals surface area contributed by atoms with Crippen LogP contribution in [-0.2, 0) is 11.3 Å². The number of Topliss-reactive ketones (excluding diaryl/α,β-unsaturated/α-hetero) is 1. The Morgan fingerprint density at radius 3 is 2.80 bits per heavy atom. The third-order valence-corrected chi connectivity index (χ3v) is 2.83. The van der Waals surface area contributed by atoms with Gasteiger partial charge in [-0.1, -0.05) is 12.1 Å². The van der Waals surface area contributed by atoms with Crippen LogP contribution >= 0.6 is 0 Å². The fourth-order valence-corrected chi connectivity index (χ4v) is 1.82. The molecule has 20 heavy (non-hydrogen) atoms. The van der Waals surface area contributed by atoms with E-state index in [1.807, 2.05) is 0 Å². The predicted octanol–water partition coefficient (Wildman–Crippen LogP) is 0.722. The second kappa shape index (κ2) is 5.36. The highest BCUT2D eigenvalue weighted by atomic mass is 16.1. The minimum absolute atomic E-state index is 0.134. The first-order chi connectivity index (χ1) is 9.54. The van der Waals surface area contributed by atoms with Crippen molar-refractivity contribution in [3.05, 3.63) is 52.2 Å².